The van der Waals surface area contributed by atoms with Crippen LogP contribution < -0.4 is 0 Å². The molecule has 198 valence electrons. The first-order valence-corrected chi connectivity index (χ1v) is 13.3. The Hall–Kier alpha value is -1.58. The normalized spacial score (nSPS) is 53.1. The lowest BCUT2D eigenvalue weighted by molar-refractivity contribution is -0.282. The summed E-state index contributed by atoms with van der Waals surface area (Å²) in [6.45, 7) is 6.56. The number of hydrogen-bond donors (Lipinski definition) is 4. The molecule has 3 saturated carbocycles. The molecule has 1 saturated heterocycles. The molecule has 0 bridgehead atoms. The van der Waals surface area contributed by atoms with Crippen LogP contribution in [0.15, 0.2) is 23.3 Å². The van der Waals surface area contributed by atoms with Gasteiger partial charge in [0.25, 0.3) is 0 Å². The van der Waals surface area contributed by atoms with Crippen molar-refractivity contribution in [2.24, 2.45) is 22.7 Å². The van der Waals surface area contributed by atoms with Crippen molar-refractivity contribution in [2.75, 3.05) is 6.61 Å². The molecule has 6 rings (SSSR count). The van der Waals surface area contributed by atoms with Crippen LogP contribution in [0.25, 0.3) is 0 Å². The number of allylic oxidation sites excluding steroid dienone is 1. The van der Waals surface area contributed by atoms with Crippen molar-refractivity contribution in [3.05, 3.63) is 23.3 Å². The number of aliphatic hydroxyl groups is 4. The standard InChI is InChI=1S/C28H38O8/c1-15-16(14-29)12-20(35-22(15)31)25(4,32)28(34)11-10-26(33)18-13-21-27(36-21)8-5-6-19(30)24(27,3)17(18)7-9-23(26,28)2/h5-6,17-18,20-21,29,32-34H,7-14H2,1-4H3. The van der Waals surface area contributed by atoms with Crippen LogP contribution in [0.2, 0.25) is 0 Å². The van der Waals surface area contributed by atoms with Crippen LogP contribution in [0.1, 0.15) is 72.6 Å². The Bertz CT molecular complexity index is 1110. The van der Waals surface area contributed by atoms with Crippen LogP contribution >= 0.6 is 0 Å². The molecule has 1 spiro atoms. The lowest BCUT2D eigenvalue weighted by Gasteiger charge is -2.63. The Balaban J connectivity index is 1.38. The number of carbonyl (C=O) groups excluding carboxylic acids is 2. The molecule has 8 heteroatoms. The summed E-state index contributed by atoms with van der Waals surface area (Å²) in [5.41, 5.74) is -6.50. The van der Waals surface area contributed by atoms with Gasteiger partial charge in [-0.3, -0.25) is 4.79 Å². The quantitative estimate of drug-likeness (QED) is 0.338. The summed E-state index contributed by atoms with van der Waals surface area (Å²) >= 11 is 0. The molecule has 10 atom stereocenters. The highest BCUT2D eigenvalue weighted by molar-refractivity contribution is 5.97. The number of aliphatic hydroxyl groups excluding tert-OH is 1. The lowest BCUT2D eigenvalue weighted by atomic mass is 9.42. The van der Waals surface area contributed by atoms with Gasteiger partial charge in [0.2, 0.25) is 0 Å². The van der Waals surface area contributed by atoms with Crippen molar-refractivity contribution in [2.45, 2.75) is 107 Å². The number of fused-ring (bicyclic) bond motifs is 4. The molecule has 0 amide bonds. The number of esters is 1. The number of cyclic esters (lactones) is 1. The third-order valence-electron chi connectivity index (χ3n) is 12.1. The number of carbonyl (C=O) groups is 2. The zero-order valence-corrected chi connectivity index (χ0v) is 21.5. The summed E-state index contributed by atoms with van der Waals surface area (Å²) in [5.74, 6) is -0.942. The summed E-state index contributed by atoms with van der Waals surface area (Å²) in [5, 5.41) is 46.5. The Morgan fingerprint density at radius 2 is 1.86 bits per heavy atom. The highest BCUT2D eigenvalue weighted by Crippen LogP contribution is 2.75. The fourth-order valence-electron chi connectivity index (χ4n) is 9.44. The largest absolute Gasteiger partial charge is 0.455 e. The Morgan fingerprint density at radius 1 is 1.14 bits per heavy atom. The summed E-state index contributed by atoms with van der Waals surface area (Å²) in [4.78, 5) is 25.8. The topological polar surface area (TPSA) is 137 Å². The predicted octanol–water partition coefficient (Wildman–Crippen LogP) is 1.73. The van der Waals surface area contributed by atoms with Crippen LogP contribution in [-0.4, -0.2) is 73.4 Å². The molecule has 0 aromatic rings. The molecule has 0 radical (unpaired) electrons. The van der Waals surface area contributed by atoms with Gasteiger partial charge in [-0.1, -0.05) is 13.0 Å². The van der Waals surface area contributed by atoms with Crippen molar-refractivity contribution in [1.82, 2.24) is 0 Å². The van der Waals surface area contributed by atoms with Crippen molar-refractivity contribution >= 4 is 11.8 Å². The molecule has 4 aliphatic carbocycles. The third-order valence-corrected chi connectivity index (χ3v) is 12.1. The summed E-state index contributed by atoms with van der Waals surface area (Å²) < 4.78 is 11.8. The smallest absolute Gasteiger partial charge is 0.334 e. The van der Waals surface area contributed by atoms with Crippen LogP contribution in [0.3, 0.4) is 0 Å². The number of hydrogen-bond acceptors (Lipinski definition) is 8. The van der Waals surface area contributed by atoms with E-state index in [0.29, 0.717) is 36.8 Å². The van der Waals surface area contributed by atoms with E-state index in [2.05, 4.69) is 0 Å². The molecule has 2 aliphatic heterocycles. The molecule has 36 heavy (non-hydrogen) atoms. The van der Waals surface area contributed by atoms with Crippen molar-refractivity contribution in [3.8, 4) is 0 Å². The van der Waals surface area contributed by atoms with E-state index in [1.807, 2.05) is 19.9 Å². The highest BCUT2D eigenvalue weighted by atomic mass is 16.6. The van der Waals surface area contributed by atoms with Crippen molar-refractivity contribution in [3.63, 3.8) is 0 Å². The van der Waals surface area contributed by atoms with Gasteiger partial charge in [-0.15, -0.1) is 0 Å². The molecule has 6 aliphatic rings. The van der Waals surface area contributed by atoms with Gasteiger partial charge in [-0.05, 0) is 82.8 Å². The van der Waals surface area contributed by atoms with E-state index in [-0.39, 0.29) is 49.6 Å². The van der Waals surface area contributed by atoms with E-state index in [4.69, 9.17) is 9.47 Å². The number of epoxide rings is 1. The van der Waals surface area contributed by atoms with Gasteiger partial charge in [-0.25, -0.2) is 4.79 Å². The molecule has 10 unspecified atom stereocenters. The third kappa shape index (κ3) is 2.49. The monoisotopic (exact) mass is 502 g/mol. The average Bonchev–Trinajstić information content (AvgIpc) is 3.49. The molecule has 0 aromatic heterocycles. The molecule has 2 heterocycles. The highest BCUT2D eigenvalue weighted by Gasteiger charge is 2.82. The maximum absolute atomic E-state index is 13.3. The fraction of sp³-hybridized carbons (Fsp3) is 0.786. The van der Waals surface area contributed by atoms with E-state index < -0.39 is 45.3 Å². The first-order valence-electron chi connectivity index (χ1n) is 13.3. The first-order chi connectivity index (χ1) is 16.7. The van der Waals surface area contributed by atoms with E-state index in [1.54, 1.807) is 13.0 Å². The lowest BCUT2D eigenvalue weighted by Crippen LogP contribution is -2.73. The number of ether oxygens (including phenoxy) is 2. The van der Waals surface area contributed by atoms with E-state index in [0.717, 1.165) is 0 Å². The number of rotatable bonds is 3. The molecule has 8 nitrogen and oxygen atoms in total. The molecule has 0 aromatic carbocycles. The van der Waals surface area contributed by atoms with Gasteiger partial charge in [0.1, 0.15) is 22.9 Å². The van der Waals surface area contributed by atoms with Crippen LogP contribution in [0, 0.1) is 22.7 Å². The van der Waals surface area contributed by atoms with Gasteiger partial charge in [0.05, 0.1) is 23.7 Å². The van der Waals surface area contributed by atoms with Crippen LogP contribution in [0.5, 0.6) is 0 Å². The Labute approximate surface area is 211 Å². The van der Waals surface area contributed by atoms with Gasteiger partial charge in [-0.2, -0.15) is 0 Å². The minimum absolute atomic E-state index is 0.0474. The van der Waals surface area contributed by atoms with Crippen LogP contribution in [0.4, 0.5) is 0 Å². The minimum Gasteiger partial charge on any atom is -0.455 e. The summed E-state index contributed by atoms with van der Waals surface area (Å²) in [6.07, 6.45) is 5.22. The fourth-order valence-corrected chi connectivity index (χ4v) is 9.44. The zero-order chi connectivity index (χ0) is 26.1. The average molecular weight is 503 g/mol. The predicted molar refractivity (Wildman–Crippen MR) is 127 cm³/mol. The van der Waals surface area contributed by atoms with Gasteiger partial charge >= 0.3 is 5.97 Å². The van der Waals surface area contributed by atoms with Gasteiger partial charge in [0, 0.05) is 17.4 Å². The van der Waals surface area contributed by atoms with E-state index >= 15 is 0 Å². The van der Waals surface area contributed by atoms with E-state index in [1.165, 1.54) is 6.92 Å². The molecule has 4 fully saturated rings. The SMILES string of the molecule is CC1=C(CO)CC(C(C)(O)C2(O)CCC3(O)C4CC5OC56CC=CC(=O)C6(C)C4CCC32C)OC1=O. The molecular weight excluding hydrogens is 464 g/mol. The van der Waals surface area contributed by atoms with Crippen molar-refractivity contribution in [1.29, 1.82) is 0 Å². The Morgan fingerprint density at radius 3 is 2.56 bits per heavy atom. The van der Waals surface area contributed by atoms with Gasteiger partial charge < -0.3 is 29.9 Å². The maximum atomic E-state index is 13.3. The second kappa shape index (κ2) is 7.08. The van der Waals surface area contributed by atoms with Gasteiger partial charge in [0.15, 0.2) is 5.78 Å². The Kier molecular flexibility index (Phi) is 4.87. The number of ketones is 1. The van der Waals surface area contributed by atoms with Crippen LogP contribution in [-0.2, 0) is 19.1 Å². The zero-order valence-electron chi connectivity index (χ0n) is 21.5. The minimum atomic E-state index is -1.88. The van der Waals surface area contributed by atoms with E-state index in [9.17, 15) is 30.0 Å². The second-order valence-electron chi connectivity index (χ2n) is 12.9. The summed E-state index contributed by atoms with van der Waals surface area (Å²) in [7, 11) is 0. The second-order valence-corrected chi connectivity index (χ2v) is 12.9. The van der Waals surface area contributed by atoms with Crippen molar-refractivity contribution < 1.29 is 39.5 Å². The maximum Gasteiger partial charge on any atom is 0.334 e. The molecule has 4 N–H and O–H groups in total. The first kappa shape index (κ1) is 24.7. The molecular formula is C28H38O8. The summed E-state index contributed by atoms with van der Waals surface area (Å²) in [6, 6.07) is 0.